The van der Waals surface area contributed by atoms with Crippen molar-refractivity contribution in [2.24, 2.45) is 0 Å². The lowest BCUT2D eigenvalue weighted by Crippen LogP contribution is -2.41. The van der Waals surface area contributed by atoms with Gasteiger partial charge < -0.3 is 14.8 Å². The monoisotopic (exact) mass is 341 g/mol. The van der Waals surface area contributed by atoms with Gasteiger partial charge in [0.25, 0.3) is 0 Å². The molecule has 0 fully saturated rings. The Labute approximate surface area is 144 Å². The van der Waals surface area contributed by atoms with Crippen LogP contribution < -0.4 is 5.32 Å². The molecule has 2 N–H and O–H groups in total. The maximum Gasteiger partial charge on any atom is 0.220 e. The van der Waals surface area contributed by atoms with Crippen molar-refractivity contribution in [2.75, 3.05) is 6.54 Å². The van der Waals surface area contributed by atoms with Crippen LogP contribution in [0.15, 0.2) is 70.0 Å². The van der Waals surface area contributed by atoms with Crippen LogP contribution in [0.3, 0.4) is 0 Å². The summed E-state index contributed by atoms with van der Waals surface area (Å²) in [6.45, 7) is 0.0743. The highest BCUT2D eigenvalue weighted by Crippen LogP contribution is 2.31. The van der Waals surface area contributed by atoms with E-state index in [0.29, 0.717) is 24.2 Å². The fourth-order valence-electron chi connectivity index (χ4n) is 2.56. The molecular formula is C19H19NO3S. The normalized spacial score (nSPS) is 13.4. The lowest BCUT2D eigenvalue weighted by atomic mass is 9.93. The lowest BCUT2D eigenvalue weighted by Gasteiger charge is -2.25. The Kier molecular flexibility index (Phi) is 5.13. The summed E-state index contributed by atoms with van der Waals surface area (Å²) in [6.07, 6.45) is 2.57. The molecule has 3 rings (SSSR count). The lowest BCUT2D eigenvalue weighted by molar-refractivity contribution is -0.122. The minimum absolute atomic E-state index is 0.0743. The van der Waals surface area contributed by atoms with Crippen LogP contribution in [0.2, 0.25) is 0 Å². The third-order valence-electron chi connectivity index (χ3n) is 3.95. The minimum atomic E-state index is -1.36. The molecule has 0 saturated carbocycles. The van der Waals surface area contributed by atoms with Crippen molar-refractivity contribution in [2.45, 2.75) is 18.4 Å². The molecule has 0 unspecified atom stereocenters. The first-order valence-electron chi connectivity index (χ1n) is 7.78. The van der Waals surface area contributed by atoms with Crippen molar-refractivity contribution in [3.63, 3.8) is 0 Å². The van der Waals surface area contributed by atoms with Crippen LogP contribution >= 0.6 is 11.3 Å². The van der Waals surface area contributed by atoms with Gasteiger partial charge in [-0.05, 0) is 40.9 Å². The van der Waals surface area contributed by atoms with Crippen molar-refractivity contribution in [1.29, 1.82) is 0 Å². The summed E-state index contributed by atoms with van der Waals surface area (Å²) in [6, 6.07) is 15.1. The summed E-state index contributed by atoms with van der Waals surface area (Å²) in [5.41, 5.74) is 0.476. The third kappa shape index (κ3) is 3.75. The molecule has 0 aliphatic heterocycles. The van der Waals surface area contributed by atoms with Gasteiger partial charge >= 0.3 is 0 Å². The van der Waals surface area contributed by atoms with E-state index in [0.717, 1.165) is 5.56 Å². The quantitative estimate of drug-likeness (QED) is 0.693. The molecule has 5 heteroatoms. The molecule has 0 saturated heterocycles. The van der Waals surface area contributed by atoms with E-state index in [4.69, 9.17) is 4.42 Å². The minimum Gasteiger partial charge on any atom is -0.466 e. The summed E-state index contributed by atoms with van der Waals surface area (Å²) < 4.78 is 5.39. The second-order valence-electron chi connectivity index (χ2n) is 5.61. The second kappa shape index (κ2) is 7.47. The van der Waals surface area contributed by atoms with Crippen molar-refractivity contribution >= 4 is 17.2 Å². The number of carbonyl (C=O) groups excluding carboxylic acids is 1. The van der Waals surface area contributed by atoms with Crippen LogP contribution in [-0.2, 0) is 16.8 Å². The molecule has 3 aromatic rings. The number of hydrogen-bond acceptors (Lipinski definition) is 4. The van der Waals surface area contributed by atoms with Crippen molar-refractivity contribution in [3.8, 4) is 0 Å². The standard InChI is InChI=1S/C19H19NO3S/c21-18(9-8-15-5-2-1-3-6-15)20-14-19(22,16-10-12-24-13-16)17-7-4-11-23-17/h1-7,10-13,22H,8-9,14H2,(H,20,21)/t19-/m0/s1. The Hall–Kier alpha value is -2.37. The number of amides is 1. The predicted molar refractivity (Wildman–Crippen MR) is 93.8 cm³/mol. The maximum atomic E-state index is 12.2. The van der Waals surface area contributed by atoms with Crippen molar-refractivity contribution < 1.29 is 14.3 Å². The molecule has 4 nitrogen and oxygen atoms in total. The smallest absolute Gasteiger partial charge is 0.220 e. The number of thiophene rings is 1. The molecule has 24 heavy (non-hydrogen) atoms. The van der Waals surface area contributed by atoms with Gasteiger partial charge in [-0.1, -0.05) is 30.3 Å². The van der Waals surface area contributed by atoms with E-state index in [1.807, 2.05) is 47.2 Å². The van der Waals surface area contributed by atoms with Crippen molar-refractivity contribution in [3.05, 3.63) is 82.4 Å². The zero-order chi connectivity index (χ0) is 16.8. The first kappa shape index (κ1) is 16.5. The van der Waals surface area contributed by atoms with Gasteiger partial charge in [0.05, 0.1) is 12.8 Å². The van der Waals surface area contributed by atoms with Crippen LogP contribution in [0.5, 0.6) is 0 Å². The Morgan fingerprint density at radius 3 is 2.67 bits per heavy atom. The predicted octanol–water partition coefficient (Wildman–Crippen LogP) is 3.33. The molecular weight excluding hydrogens is 322 g/mol. The summed E-state index contributed by atoms with van der Waals surface area (Å²) in [5, 5.41) is 17.6. The summed E-state index contributed by atoms with van der Waals surface area (Å²) in [4.78, 5) is 12.2. The van der Waals surface area contributed by atoms with Gasteiger partial charge in [-0.25, -0.2) is 0 Å². The average Bonchev–Trinajstić information content (AvgIpc) is 3.32. The van der Waals surface area contributed by atoms with Gasteiger partial charge in [-0.3, -0.25) is 4.79 Å². The van der Waals surface area contributed by atoms with E-state index in [9.17, 15) is 9.90 Å². The number of furan rings is 1. The number of carbonyl (C=O) groups is 1. The first-order chi connectivity index (χ1) is 11.7. The van der Waals surface area contributed by atoms with Crippen LogP contribution in [0.4, 0.5) is 0 Å². The molecule has 2 heterocycles. The number of aryl methyl sites for hydroxylation is 1. The van der Waals surface area contributed by atoms with Crippen LogP contribution in [0.1, 0.15) is 23.3 Å². The fourth-order valence-corrected chi connectivity index (χ4v) is 3.29. The van der Waals surface area contributed by atoms with Crippen LogP contribution in [-0.4, -0.2) is 17.6 Å². The van der Waals surface area contributed by atoms with E-state index in [2.05, 4.69) is 5.32 Å². The Morgan fingerprint density at radius 1 is 1.17 bits per heavy atom. The second-order valence-corrected chi connectivity index (χ2v) is 6.39. The topological polar surface area (TPSA) is 62.5 Å². The van der Waals surface area contributed by atoms with Gasteiger partial charge in [0.15, 0.2) is 5.60 Å². The fraction of sp³-hybridized carbons (Fsp3) is 0.211. The highest BCUT2D eigenvalue weighted by Gasteiger charge is 2.35. The molecule has 0 aliphatic carbocycles. The largest absolute Gasteiger partial charge is 0.466 e. The van der Waals surface area contributed by atoms with Crippen molar-refractivity contribution in [1.82, 2.24) is 5.32 Å². The molecule has 1 atom stereocenters. The molecule has 0 radical (unpaired) electrons. The van der Waals surface area contributed by atoms with Gasteiger partial charge in [0.2, 0.25) is 5.91 Å². The van der Waals surface area contributed by atoms with E-state index >= 15 is 0 Å². The average molecular weight is 341 g/mol. The van der Waals surface area contributed by atoms with Gasteiger partial charge in [0, 0.05) is 12.0 Å². The number of aliphatic hydroxyl groups is 1. The molecule has 0 aliphatic rings. The molecule has 0 spiro atoms. The van der Waals surface area contributed by atoms with Crippen LogP contribution in [0.25, 0.3) is 0 Å². The van der Waals surface area contributed by atoms with E-state index in [-0.39, 0.29) is 12.5 Å². The summed E-state index contributed by atoms with van der Waals surface area (Å²) in [7, 11) is 0. The SMILES string of the molecule is O=C(CCc1ccccc1)NC[C@](O)(c1ccsc1)c1ccco1. The van der Waals surface area contributed by atoms with E-state index in [1.54, 1.807) is 12.1 Å². The number of nitrogens with one attached hydrogen (secondary N) is 1. The van der Waals surface area contributed by atoms with E-state index < -0.39 is 5.60 Å². The Bertz CT molecular complexity index is 717. The molecule has 1 aromatic carbocycles. The number of benzene rings is 1. The Morgan fingerprint density at radius 2 is 2.00 bits per heavy atom. The number of hydrogen-bond donors (Lipinski definition) is 2. The van der Waals surface area contributed by atoms with E-state index in [1.165, 1.54) is 17.6 Å². The van der Waals surface area contributed by atoms with Crippen LogP contribution in [0, 0.1) is 0 Å². The Balaban J connectivity index is 1.63. The molecule has 2 aromatic heterocycles. The van der Waals surface area contributed by atoms with Gasteiger partial charge in [-0.2, -0.15) is 11.3 Å². The summed E-state index contributed by atoms with van der Waals surface area (Å²) >= 11 is 1.49. The highest BCUT2D eigenvalue weighted by atomic mass is 32.1. The highest BCUT2D eigenvalue weighted by molar-refractivity contribution is 7.08. The first-order valence-corrected chi connectivity index (χ1v) is 8.72. The van der Waals surface area contributed by atoms with Gasteiger partial charge in [-0.15, -0.1) is 0 Å². The zero-order valence-corrected chi connectivity index (χ0v) is 14.0. The van der Waals surface area contributed by atoms with Gasteiger partial charge in [0.1, 0.15) is 5.76 Å². The zero-order valence-electron chi connectivity index (χ0n) is 13.1. The molecule has 1 amide bonds. The molecule has 124 valence electrons. The maximum absolute atomic E-state index is 12.2. The summed E-state index contributed by atoms with van der Waals surface area (Å²) in [5.74, 6) is 0.323. The molecule has 0 bridgehead atoms. The third-order valence-corrected chi connectivity index (χ3v) is 4.64. The number of rotatable bonds is 7.